The number of rotatable bonds is 10. The van der Waals surface area contributed by atoms with Crippen LogP contribution in [0, 0.1) is 0 Å². The number of esters is 1. The second-order valence-electron chi connectivity index (χ2n) is 7.80. The van der Waals surface area contributed by atoms with Crippen LogP contribution in [0.3, 0.4) is 0 Å². The van der Waals surface area contributed by atoms with Crippen LogP contribution in [0.15, 0.2) is 29.2 Å². The first-order valence-electron chi connectivity index (χ1n) is 10.8. The predicted octanol–water partition coefficient (Wildman–Crippen LogP) is 1.69. The summed E-state index contributed by atoms with van der Waals surface area (Å²) >= 11 is 0. The van der Waals surface area contributed by atoms with Crippen LogP contribution in [0.4, 0.5) is 0 Å². The van der Waals surface area contributed by atoms with E-state index < -0.39 is 44.4 Å². The summed E-state index contributed by atoms with van der Waals surface area (Å²) in [6, 6.07) is 4.75. The fraction of sp³-hybridized carbons (Fsp3) is 0.619. The molecular weight excluding hydrogens is 456 g/mol. The number of carbonyl (C=O) groups excluding carboxylic acids is 2. The van der Waals surface area contributed by atoms with E-state index in [-0.39, 0.29) is 28.0 Å². The van der Waals surface area contributed by atoms with Gasteiger partial charge in [0.05, 0.1) is 22.0 Å². The van der Waals surface area contributed by atoms with Crippen LogP contribution in [-0.2, 0) is 29.4 Å². The first-order valence-corrected chi connectivity index (χ1v) is 14.0. The van der Waals surface area contributed by atoms with Crippen LogP contribution >= 0.6 is 0 Å². The van der Waals surface area contributed by atoms with Gasteiger partial charge in [-0.1, -0.05) is 20.8 Å². The first kappa shape index (κ1) is 26.3. The summed E-state index contributed by atoms with van der Waals surface area (Å²) in [6.07, 6.45) is 1.01. The van der Waals surface area contributed by atoms with E-state index in [2.05, 4.69) is 0 Å². The van der Waals surface area contributed by atoms with Crippen LogP contribution in [0.1, 0.15) is 50.9 Å². The summed E-state index contributed by atoms with van der Waals surface area (Å²) in [5.41, 5.74) is 0.120. The first-order chi connectivity index (χ1) is 15.0. The molecule has 1 heterocycles. The van der Waals surface area contributed by atoms with Crippen molar-refractivity contribution in [3.05, 3.63) is 29.8 Å². The van der Waals surface area contributed by atoms with Crippen molar-refractivity contribution in [3.63, 3.8) is 0 Å². The topological polar surface area (TPSA) is 118 Å². The Bertz CT molecular complexity index is 1020. The monoisotopic (exact) mass is 488 g/mol. The molecule has 0 radical (unpaired) electrons. The lowest BCUT2D eigenvalue weighted by atomic mass is 10.1. The number of hydrogen-bond acceptors (Lipinski definition) is 7. The van der Waals surface area contributed by atoms with Crippen molar-refractivity contribution < 1.29 is 31.2 Å². The molecule has 1 aromatic rings. The maximum Gasteiger partial charge on any atom is 0.338 e. The van der Waals surface area contributed by atoms with Gasteiger partial charge in [0.25, 0.3) is 5.91 Å². The molecule has 11 heteroatoms. The zero-order valence-corrected chi connectivity index (χ0v) is 20.6. The summed E-state index contributed by atoms with van der Waals surface area (Å²) in [5, 5.41) is 0. The number of ether oxygens (including phenoxy) is 1. The van der Waals surface area contributed by atoms with E-state index in [4.69, 9.17) is 4.74 Å². The summed E-state index contributed by atoms with van der Waals surface area (Å²) in [5.74, 6) is -1.25. The van der Waals surface area contributed by atoms with Gasteiger partial charge in [0.15, 0.2) is 16.4 Å². The second-order valence-corrected chi connectivity index (χ2v) is 12.0. The molecule has 0 aromatic heterocycles. The average Bonchev–Trinajstić information content (AvgIpc) is 3.11. The van der Waals surface area contributed by atoms with Crippen LogP contribution in [0.2, 0.25) is 0 Å². The molecule has 2 atom stereocenters. The number of amides is 1. The molecule has 1 aliphatic rings. The Labute approximate surface area is 190 Å². The standard InChI is InChI=1S/C21H32N2O7S2/c1-5-16(4)23(18-12-13-31(26,27)15-18)20(24)14-30-21(25)17-8-10-19(11-9-17)32(28,29)22(6-2)7-3/h8-11,16,18H,5-7,12-15H2,1-4H3. The molecule has 9 nitrogen and oxygen atoms in total. The highest BCUT2D eigenvalue weighted by atomic mass is 32.2. The number of nitrogens with zero attached hydrogens (tertiary/aromatic N) is 2. The quantitative estimate of drug-likeness (QED) is 0.460. The van der Waals surface area contributed by atoms with Gasteiger partial charge in [0, 0.05) is 25.2 Å². The second kappa shape index (κ2) is 10.8. The van der Waals surface area contributed by atoms with Crippen LogP contribution in [0.25, 0.3) is 0 Å². The Morgan fingerprint density at radius 2 is 1.72 bits per heavy atom. The van der Waals surface area contributed by atoms with Crippen molar-refractivity contribution in [1.82, 2.24) is 9.21 Å². The fourth-order valence-electron chi connectivity index (χ4n) is 3.76. The summed E-state index contributed by atoms with van der Waals surface area (Å²) < 4.78 is 55.2. The highest BCUT2D eigenvalue weighted by Gasteiger charge is 2.36. The third kappa shape index (κ3) is 6.08. The van der Waals surface area contributed by atoms with Crippen molar-refractivity contribution in [1.29, 1.82) is 0 Å². The molecule has 2 unspecified atom stereocenters. The Hall–Kier alpha value is -1.98. The van der Waals surface area contributed by atoms with E-state index in [9.17, 15) is 26.4 Å². The van der Waals surface area contributed by atoms with Crippen molar-refractivity contribution in [3.8, 4) is 0 Å². The number of carbonyl (C=O) groups is 2. The normalized spacial score (nSPS) is 19.0. The summed E-state index contributed by atoms with van der Waals surface area (Å²) in [4.78, 5) is 26.7. The lowest BCUT2D eigenvalue weighted by molar-refractivity contribution is -0.138. The van der Waals surface area contributed by atoms with E-state index in [0.717, 1.165) is 0 Å². The van der Waals surface area contributed by atoms with Gasteiger partial charge in [-0.2, -0.15) is 4.31 Å². The molecule has 0 saturated carbocycles. The van der Waals surface area contributed by atoms with Crippen molar-refractivity contribution >= 4 is 31.7 Å². The molecular formula is C21H32N2O7S2. The Morgan fingerprint density at radius 1 is 1.12 bits per heavy atom. The minimum absolute atomic E-state index is 0.0421. The Balaban J connectivity index is 2.06. The molecule has 1 saturated heterocycles. The molecule has 1 amide bonds. The van der Waals surface area contributed by atoms with Gasteiger partial charge >= 0.3 is 5.97 Å². The molecule has 1 fully saturated rings. The number of sulfonamides is 1. The molecule has 180 valence electrons. The SMILES string of the molecule is CCC(C)N(C(=O)COC(=O)c1ccc(S(=O)(=O)N(CC)CC)cc1)C1CCS(=O)(=O)C1. The van der Waals surface area contributed by atoms with Gasteiger partial charge in [-0.3, -0.25) is 4.79 Å². The zero-order valence-electron chi connectivity index (χ0n) is 19.0. The molecule has 2 rings (SSSR count). The van der Waals surface area contributed by atoms with E-state index in [1.807, 2.05) is 13.8 Å². The zero-order chi connectivity index (χ0) is 24.1. The number of sulfone groups is 1. The Morgan fingerprint density at radius 3 is 2.19 bits per heavy atom. The molecule has 0 bridgehead atoms. The average molecular weight is 489 g/mol. The maximum absolute atomic E-state index is 12.8. The fourth-order valence-corrected chi connectivity index (χ4v) is 6.93. The van der Waals surface area contributed by atoms with Crippen molar-refractivity contribution in [2.45, 2.75) is 57.5 Å². The maximum atomic E-state index is 12.8. The highest BCUT2D eigenvalue weighted by molar-refractivity contribution is 7.91. The minimum atomic E-state index is -3.64. The van der Waals surface area contributed by atoms with Crippen molar-refractivity contribution in [2.75, 3.05) is 31.2 Å². The van der Waals surface area contributed by atoms with Gasteiger partial charge < -0.3 is 9.64 Å². The van der Waals surface area contributed by atoms with Gasteiger partial charge in [-0.05, 0) is 44.0 Å². The highest BCUT2D eigenvalue weighted by Crippen LogP contribution is 2.22. The van der Waals surface area contributed by atoms with E-state index in [1.54, 1.807) is 13.8 Å². The van der Waals surface area contributed by atoms with Gasteiger partial charge in [0.1, 0.15) is 0 Å². The molecule has 0 spiro atoms. The predicted molar refractivity (Wildman–Crippen MR) is 120 cm³/mol. The summed E-state index contributed by atoms with van der Waals surface area (Å²) in [6.45, 7) is 7.37. The van der Waals surface area contributed by atoms with E-state index >= 15 is 0 Å². The third-order valence-electron chi connectivity index (χ3n) is 5.72. The number of benzene rings is 1. The van der Waals surface area contributed by atoms with Gasteiger partial charge in [-0.25, -0.2) is 21.6 Å². The van der Waals surface area contributed by atoms with Crippen LogP contribution < -0.4 is 0 Å². The van der Waals surface area contributed by atoms with Gasteiger partial charge in [-0.15, -0.1) is 0 Å². The largest absolute Gasteiger partial charge is 0.452 e. The molecule has 32 heavy (non-hydrogen) atoms. The number of hydrogen-bond donors (Lipinski definition) is 0. The van der Waals surface area contributed by atoms with E-state index in [1.165, 1.54) is 33.5 Å². The lowest BCUT2D eigenvalue weighted by Crippen LogP contribution is -2.48. The van der Waals surface area contributed by atoms with Crippen LogP contribution in [-0.4, -0.2) is 81.2 Å². The Kier molecular flexibility index (Phi) is 8.83. The third-order valence-corrected chi connectivity index (χ3v) is 9.53. The van der Waals surface area contributed by atoms with Crippen LogP contribution in [0.5, 0.6) is 0 Å². The van der Waals surface area contributed by atoms with Gasteiger partial charge in [0.2, 0.25) is 10.0 Å². The van der Waals surface area contributed by atoms with E-state index in [0.29, 0.717) is 25.9 Å². The minimum Gasteiger partial charge on any atom is -0.452 e. The molecule has 1 aliphatic heterocycles. The van der Waals surface area contributed by atoms with Crippen molar-refractivity contribution in [2.24, 2.45) is 0 Å². The smallest absolute Gasteiger partial charge is 0.338 e. The lowest BCUT2D eigenvalue weighted by Gasteiger charge is -2.33. The summed E-state index contributed by atoms with van der Waals surface area (Å²) in [7, 11) is -6.81. The molecule has 0 aliphatic carbocycles. The molecule has 1 aromatic carbocycles. The molecule has 0 N–H and O–H groups in total.